The fourth-order valence-corrected chi connectivity index (χ4v) is 2.57. The Bertz CT molecular complexity index is 581. The Labute approximate surface area is 112 Å². The lowest BCUT2D eigenvalue weighted by Gasteiger charge is -2.05. The van der Waals surface area contributed by atoms with Crippen LogP contribution in [0, 0.1) is 11.6 Å². The molecule has 3 nitrogen and oxygen atoms in total. The van der Waals surface area contributed by atoms with Crippen molar-refractivity contribution in [3.05, 3.63) is 40.0 Å². The predicted octanol–water partition coefficient (Wildman–Crippen LogP) is 2.63. The van der Waals surface area contributed by atoms with Crippen molar-refractivity contribution in [2.24, 2.45) is 12.8 Å². The third kappa shape index (κ3) is 2.30. The molecule has 1 heterocycles. The third-order valence-electron chi connectivity index (χ3n) is 2.62. The van der Waals surface area contributed by atoms with E-state index in [0.29, 0.717) is 23.1 Å². The Balaban J connectivity index is 2.60. The first-order chi connectivity index (χ1) is 8.54. The van der Waals surface area contributed by atoms with E-state index in [2.05, 4.69) is 21.0 Å². The van der Waals surface area contributed by atoms with Gasteiger partial charge in [-0.05, 0) is 40.7 Å². The summed E-state index contributed by atoms with van der Waals surface area (Å²) >= 11 is 3.37. The van der Waals surface area contributed by atoms with Crippen LogP contribution in [0.4, 0.5) is 8.78 Å². The minimum absolute atomic E-state index is 0.181. The van der Waals surface area contributed by atoms with Crippen LogP contribution in [0.3, 0.4) is 0 Å². The lowest BCUT2D eigenvalue weighted by atomic mass is 10.1. The molecule has 0 aliphatic carbocycles. The van der Waals surface area contributed by atoms with Crippen LogP contribution in [0.15, 0.2) is 22.7 Å². The van der Waals surface area contributed by atoms with Gasteiger partial charge in [0, 0.05) is 19.0 Å². The lowest BCUT2D eigenvalue weighted by Crippen LogP contribution is -2.04. The van der Waals surface area contributed by atoms with Gasteiger partial charge in [-0.1, -0.05) is 0 Å². The summed E-state index contributed by atoms with van der Waals surface area (Å²) < 4.78 is 29.2. The number of rotatable bonds is 3. The molecule has 1 aromatic heterocycles. The highest BCUT2D eigenvalue weighted by Gasteiger charge is 2.18. The molecule has 0 unspecified atom stereocenters. The maximum absolute atomic E-state index is 13.8. The molecular formula is C12H12BrF2N3. The smallest absolute Gasteiger partial charge is 0.132 e. The van der Waals surface area contributed by atoms with Crippen LogP contribution >= 0.6 is 15.9 Å². The van der Waals surface area contributed by atoms with Crippen molar-refractivity contribution in [3.63, 3.8) is 0 Å². The van der Waals surface area contributed by atoms with Gasteiger partial charge in [0.1, 0.15) is 11.6 Å². The largest absolute Gasteiger partial charge is 0.330 e. The van der Waals surface area contributed by atoms with Gasteiger partial charge < -0.3 is 5.73 Å². The Kier molecular flexibility index (Phi) is 3.77. The zero-order chi connectivity index (χ0) is 13.3. The summed E-state index contributed by atoms with van der Waals surface area (Å²) in [5.74, 6) is -0.973. The van der Waals surface area contributed by atoms with E-state index in [0.717, 1.165) is 23.9 Å². The maximum Gasteiger partial charge on any atom is 0.132 e. The summed E-state index contributed by atoms with van der Waals surface area (Å²) in [5, 5.41) is 4.25. The molecule has 6 heteroatoms. The van der Waals surface area contributed by atoms with Crippen LogP contribution in [-0.2, 0) is 13.5 Å². The van der Waals surface area contributed by atoms with E-state index in [1.54, 1.807) is 7.05 Å². The molecule has 18 heavy (non-hydrogen) atoms. The monoisotopic (exact) mass is 315 g/mol. The molecule has 0 spiro atoms. The highest BCUT2D eigenvalue weighted by molar-refractivity contribution is 9.10. The van der Waals surface area contributed by atoms with Crippen LogP contribution in [0.5, 0.6) is 0 Å². The number of aromatic nitrogens is 2. The number of benzene rings is 1. The van der Waals surface area contributed by atoms with E-state index in [4.69, 9.17) is 5.73 Å². The van der Waals surface area contributed by atoms with Crippen LogP contribution in [-0.4, -0.2) is 16.3 Å². The van der Waals surface area contributed by atoms with Crippen molar-refractivity contribution in [1.82, 2.24) is 9.78 Å². The second-order valence-corrected chi connectivity index (χ2v) is 4.69. The highest BCUT2D eigenvalue weighted by Crippen LogP contribution is 2.32. The average molecular weight is 316 g/mol. The van der Waals surface area contributed by atoms with E-state index in [9.17, 15) is 8.78 Å². The fraction of sp³-hybridized carbons (Fsp3) is 0.250. The molecule has 0 saturated heterocycles. The lowest BCUT2D eigenvalue weighted by molar-refractivity contribution is 0.601. The van der Waals surface area contributed by atoms with Gasteiger partial charge in [0.25, 0.3) is 0 Å². The Morgan fingerprint density at radius 2 is 2.11 bits per heavy atom. The fourth-order valence-electron chi connectivity index (χ4n) is 1.82. The first kappa shape index (κ1) is 13.2. The maximum atomic E-state index is 13.8. The Hall–Kier alpha value is -1.27. The molecule has 1 aromatic carbocycles. The number of hydrogen-bond donors (Lipinski definition) is 1. The molecule has 0 atom stereocenters. The van der Waals surface area contributed by atoms with Crippen LogP contribution in [0.25, 0.3) is 11.3 Å². The summed E-state index contributed by atoms with van der Waals surface area (Å²) in [4.78, 5) is 0. The average Bonchev–Trinajstić information content (AvgIpc) is 2.59. The molecule has 0 fully saturated rings. The molecule has 2 rings (SSSR count). The summed E-state index contributed by atoms with van der Waals surface area (Å²) in [7, 11) is 1.68. The Morgan fingerprint density at radius 1 is 1.39 bits per heavy atom. The number of nitrogens with zero attached hydrogens (tertiary/aromatic N) is 2. The number of nitrogens with two attached hydrogens (primary N) is 1. The molecule has 0 radical (unpaired) electrons. The van der Waals surface area contributed by atoms with Crippen molar-refractivity contribution in [1.29, 1.82) is 0 Å². The zero-order valence-electron chi connectivity index (χ0n) is 9.75. The zero-order valence-corrected chi connectivity index (χ0v) is 11.3. The molecular weight excluding hydrogens is 304 g/mol. The molecule has 0 saturated carbocycles. The van der Waals surface area contributed by atoms with E-state index >= 15 is 0 Å². The van der Waals surface area contributed by atoms with E-state index < -0.39 is 11.6 Å². The topological polar surface area (TPSA) is 43.8 Å². The SMILES string of the molecule is Cn1nc(CCN)c(Br)c1-c1cc(F)ccc1F. The van der Waals surface area contributed by atoms with E-state index in [1.165, 1.54) is 4.68 Å². The summed E-state index contributed by atoms with van der Waals surface area (Å²) in [6.07, 6.45) is 0.575. The van der Waals surface area contributed by atoms with Crippen molar-refractivity contribution in [2.75, 3.05) is 6.54 Å². The molecule has 96 valence electrons. The van der Waals surface area contributed by atoms with Crippen LogP contribution < -0.4 is 5.73 Å². The van der Waals surface area contributed by atoms with Crippen LogP contribution in [0.2, 0.25) is 0 Å². The van der Waals surface area contributed by atoms with E-state index in [-0.39, 0.29) is 5.56 Å². The van der Waals surface area contributed by atoms with Crippen molar-refractivity contribution in [2.45, 2.75) is 6.42 Å². The second kappa shape index (κ2) is 5.16. The standard InChI is InChI=1S/C12H12BrF2N3/c1-18-12(11(13)10(17-18)4-5-16)8-6-7(14)2-3-9(8)15/h2-3,6H,4-5,16H2,1H3. The number of hydrogen-bond acceptors (Lipinski definition) is 2. The van der Waals surface area contributed by atoms with Crippen molar-refractivity contribution < 1.29 is 8.78 Å². The Morgan fingerprint density at radius 3 is 2.78 bits per heavy atom. The number of halogens is 3. The first-order valence-corrected chi connectivity index (χ1v) is 6.20. The quantitative estimate of drug-likeness (QED) is 0.946. The van der Waals surface area contributed by atoms with Crippen molar-refractivity contribution >= 4 is 15.9 Å². The molecule has 0 aliphatic heterocycles. The second-order valence-electron chi connectivity index (χ2n) is 3.90. The minimum atomic E-state index is -0.487. The number of aryl methyl sites for hydroxylation is 1. The van der Waals surface area contributed by atoms with Gasteiger partial charge in [-0.15, -0.1) is 0 Å². The van der Waals surface area contributed by atoms with Gasteiger partial charge in [0.05, 0.1) is 15.9 Å². The predicted molar refractivity (Wildman–Crippen MR) is 69.0 cm³/mol. The summed E-state index contributed by atoms with van der Waals surface area (Å²) in [6.45, 7) is 0.445. The normalized spacial score (nSPS) is 10.9. The van der Waals surface area contributed by atoms with Gasteiger partial charge in [-0.3, -0.25) is 4.68 Å². The van der Waals surface area contributed by atoms with Gasteiger partial charge >= 0.3 is 0 Å². The van der Waals surface area contributed by atoms with Gasteiger partial charge in [0.2, 0.25) is 0 Å². The summed E-state index contributed by atoms with van der Waals surface area (Å²) in [5.41, 5.74) is 6.90. The van der Waals surface area contributed by atoms with Gasteiger partial charge in [-0.25, -0.2) is 8.78 Å². The molecule has 0 amide bonds. The van der Waals surface area contributed by atoms with Crippen LogP contribution in [0.1, 0.15) is 5.69 Å². The molecule has 2 aromatic rings. The first-order valence-electron chi connectivity index (χ1n) is 5.41. The van der Waals surface area contributed by atoms with Crippen molar-refractivity contribution in [3.8, 4) is 11.3 Å². The molecule has 2 N–H and O–H groups in total. The van der Waals surface area contributed by atoms with Gasteiger partial charge in [-0.2, -0.15) is 5.10 Å². The van der Waals surface area contributed by atoms with E-state index in [1.807, 2.05) is 0 Å². The minimum Gasteiger partial charge on any atom is -0.330 e. The molecule has 0 bridgehead atoms. The summed E-state index contributed by atoms with van der Waals surface area (Å²) in [6, 6.07) is 3.35. The van der Waals surface area contributed by atoms with Gasteiger partial charge in [0.15, 0.2) is 0 Å². The molecule has 0 aliphatic rings. The third-order valence-corrected chi connectivity index (χ3v) is 3.45. The highest BCUT2D eigenvalue weighted by atomic mass is 79.9.